The number of carboxylic acids is 1. The van der Waals surface area contributed by atoms with E-state index in [0.29, 0.717) is 31.6 Å². The number of halogens is 2. The maximum atomic E-state index is 13.7. The minimum absolute atomic E-state index is 0.0237. The lowest BCUT2D eigenvalue weighted by Gasteiger charge is -2.27. The number of hydrogen-bond acceptors (Lipinski definition) is 3. The van der Waals surface area contributed by atoms with Gasteiger partial charge in [0.2, 0.25) is 0 Å². The van der Waals surface area contributed by atoms with Crippen LogP contribution in [-0.2, 0) is 9.53 Å². The Labute approximate surface area is 142 Å². The minimum atomic E-state index is -1.03. The van der Waals surface area contributed by atoms with E-state index in [1.807, 2.05) is 0 Å². The molecule has 1 amide bonds. The molecule has 1 unspecified atom stereocenters. The molecule has 2 aromatic rings. The van der Waals surface area contributed by atoms with Crippen molar-refractivity contribution >= 4 is 22.8 Å². The van der Waals surface area contributed by atoms with Crippen LogP contribution in [0.2, 0.25) is 0 Å². The first kappa shape index (κ1) is 17.3. The van der Waals surface area contributed by atoms with Crippen molar-refractivity contribution in [3.05, 3.63) is 35.5 Å². The fourth-order valence-corrected chi connectivity index (χ4v) is 3.14. The first-order valence-electron chi connectivity index (χ1n) is 8.03. The molecule has 134 valence electrons. The van der Waals surface area contributed by atoms with Crippen molar-refractivity contribution in [2.24, 2.45) is 11.8 Å². The van der Waals surface area contributed by atoms with E-state index in [0.717, 1.165) is 6.07 Å². The van der Waals surface area contributed by atoms with Crippen molar-refractivity contribution in [1.29, 1.82) is 0 Å². The van der Waals surface area contributed by atoms with Crippen LogP contribution in [0.3, 0.4) is 0 Å². The Morgan fingerprint density at radius 1 is 1.32 bits per heavy atom. The molecule has 3 rings (SSSR count). The van der Waals surface area contributed by atoms with Gasteiger partial charge in [0.1, 0.15) is 5.69 Å². The lowest BCUT2D eigenvalue weighted by Crippen LogP contribution is -2.39. The van der Waals surface area contributed by atoms with Gasteiger partial charge in [-0.1, -0.05) is 0 Å². The molecule has 3 N–H and O–H groups in total. The smallest absolute Gasteiger partial charge is 0.308 e. The van der Waals surface area contributed by atoms with E-state index in [4.69, 9.17) is 4.74 Å². The second-order valence-corrected chi connectivity index (χ2v) is 6.11. The molecule has 0 saturated carbocycles. The third-order valence-corrected chi connectivity index (χ3v) is 4.57. The Balaban J connectivity index is 1.70. The highest BCUT2D eigenvalue weighted by Crippen LogP contribution is 2.24. The molecule has 1 atom stereocenters. The van der Waals surface area contributed by atoms with Crippen LogP contribution < -0.4 is 5.32 Å². The quantitative estimate of drug-likeness (QED) is 0.770. The molecule has 1 aliphatic rings. The average Bonchev–Trinajstić information content (AvgIpc) is 3.04. The normalized spacial score (nSPS) is 16.7. The second kappa shape index (κ2) is 7.18. The number of carboxylic acid groups (broad SMARTS) is 1. The Morgan fingerprint density at radius 3 is 2.72 bits per heavy atom. The molecule has 1 aliphatic heterocycles. The molecule has 0 aliphatic carbocycles. The number of amides is 1. The number of benzene rings is 1. The fraction of sp³-hybridized carbons (Fsp3) is 0.412. The fourth-order valence-electron chi connectivity index (χ4n) is 3.14. The van der Waals surface area contributed by atoms with Crippen molar-refractivity contribution in [2.45, 2.75) is 12.8 Å². The zero-order chi connectivity index (χ0) is 18.0. The largest absolute Gasteiger partial charge is 0.481 e. The number of aromatic nitrogens is 1. The van der Waals surface area contributed by atoms with Crippen LogP contribution in [0.4, 0.5) is 8.78 Å². The molecule has 1 fully saturated rings. The van der Waals surface area contributed by atoms with Gasteiger partial charge in [0.05, 0.1) is 5.92 Å². The van der Waals surface area contributed by atoms with E-state index in [2.05, 4.69) is 10.3 Å². The third kappa shape index (κ3) is 3.63. The topological polar surface area (TPSA) is 91.4 Å². The number of rotatable bonds is 5. The zero-order valence-corrected chi connectivity index (χ0v) is 13.4. The van der Waals surface area contributed by atoms with Crippen LogP contribution in [0.5, 0.6) is 0 Å². The molecule has 0 radical (unpaired) electrons. The second-order valence-electron chi connectivity index (χ2n) is 6.11. The third-order valence-electron chi connectivity index (χ3n) is 4.57. The number of ether oxygens (including phenoxy) is 1. The molecular weight excluding hydrogens is 334 g/mol. The molecule has 0 bridgehead atoms. The number of carbonyl (C=O) groups excluding carboxylic acids is 1. The van der Waals surface area contributed by atoms with Crippen LogP contribution in [-0.4, -0.2) is 41.7 Å². The SMILES string of the molecule is O=C(NCC(C(=O)O)C1CCOCC1)c1cc2c(F)c(F)ccc2[nH]1. The van der Waals surface area contributed by atoms with E-state index in [1.54, 1.807) is 0 Å². The van der Waals surface area contributed by atoms with Crippen LogP contribution in [0.1, 0.15) is 23.3 Å². The molecular formula is C17H18F2N2O4. The highest BCUT2D eigenvalue weighted by atomic mass is 19.2. The summed E-state index contributed by atoms with van der Waals surface area (Å²) in [5.41, 5.74) is 0.346. The van der Waals surface area contributed by atoms with E-state index in [-0.39, 0.29) is 23.5 Å². The summed E-state index contributed by atoms with van der Waals surface area (Å²) in [7, 11) is 0. The molecule has 8 heteroatoms. The number of aromatic amines is 1. The molecule has 1 saturated heterocycles. The first-order valence-corrected chi connectivity index (χ1v) is 8.03. The summed E-state index contributed by atoms with van der Waals surface area (Å²) in [6, 6.07) is 3.53. The van der Waals surface area contributed by atoms with Gasteiger partial charge in [-0.05, 0) is 37.0 Å². The minimum Gasteiger partial charge on any atom is -0.481 e. The van der Waals surface area contributed by atoms with Gasteiger partial charge in [-0.25, -0.2) is 8.78 Å². The summed E-state index contributed by atoms with van der Waals surface area (Å²) < 4.78 is 32.2. The van der Waals surface area contributed by atoms with E-state index >= 15 is 0 Å². The first-order chi connectivity index (χ1) is 12.0. The number of nitrogens with one attached hydrogen (secondary N) is 2. The Bertz CT molecular complexity index is 799. The van der Waals surface area contributed by atoms with Crippen molar-refractivity contribution in [2.75, 3.05) is 19.8 Å². The standard InChI is InChI=1S/C17H18F2N2O4/c18-12-1-2-13-10(15(12)19)7-14(21-13)16(22)20-8-11(17(23)24)9-3-5-25-6-4-9/h1-2,7,9,11,21H,3-6,8H2,(H,20,22)(H,23,24). The van der Waals surface area contributed by atoms with Gasteiger partial charge in [-0.3, -0.25) is 9.59 Å². The van der Waals surface area contributed by atoms with Gasteiger partial charge in [0.25, 0.3) is 5.91 Å². The van der Waals surface area contributed by atoms with Crippen LogP contribution in [0.25, 0.3) is 10.9 Å². The van der Waals surface area contributed by atoms with E-state index < -0.39 is 29.4 Å². The molecule has 6 nitrogen and oxygen atoms in total. The predicted molar refractivity (Wildman–Crippen MR) is 85.2 cm³/mol. The highest BCUT2D eigenvalue weighted by Gasteiger charge is 2.30. The van der Waals surface area contributed by atoms with Crippen molar-refractivity contribution in [3.63, 3.8) is 0 Å². The summed E-state index contributed by atoms with van der Waals surface area (Å²) in [5.74, 6) is -4.35. The van der Waals surface area contributed by atoms with Gasteiger partial charge in [0.15, 0.2) is 11.6 Å². The van der Waals surface area contributed by atoms with Crippen molar-refractivity contribution in [1.82, 2.24) is 10.3 Å². The highest BCUT2D eigenvalue weighted by molar-refractivity contribution is 5.98. The zero-order valence-electron chi connectivity index (χ0n) is 13.4. The van der Waals surface area contributed by atoms with Crippen molar-refractivity contribution in [3.8, 4) is 0 Å². The molecule has 0 spiro atoms. The summed E-state index contributed by atoms with van der Waals surface area (Å²) in [6.07, 6.45) is 1.26. The molecule has 25 heavy (non-hydrogen) atoms. The van der Waals surface area contributed by atoms with Crippen LogP contribution >= 0.6 is 0 Å². The van der Waals surface area contributed by atoms with Crippen molar-refractivity contribution < 1.29 is 28.2 Å². The van der Waals surface area contributed by atoms with E-state index in [9.17, 15) is 23.5 Å². The summed E-state index contributed by atoms with van der Waals surface area (Å²) in [6.45, 7) is 0.982. The number of fused-ring (bicyclic) bond motifs is 1. The molecule has 1 aromatic heterocycles. The summed E-state index contributed by atoms with van der Waals surface area (Å²) in [5, 5.41) is 11.9. The average molecular weight is 352 g/mol. The monoisotopic (exact) mass is 352 g/mol. The maximum Gasteiger partial charge on any atom is 0.308 e. The van der Waals surface area contributed by atoms with Crippen LogP contribution in [0, 0.1) is 23.5 Å². The number of carbonyl (C=O) groups is 2. The predicted octanol–water partition coefficient (Wildman–Crippen LogP) is 2.30. The van der Waals surface area contributed by atoms with Crippen LogP contribution in [0.15, 0.2) is 18.2 Å². The number of aliphatic carboxylic acids is 1. The number of H-pyrrole nitrogens is 1. The van der Waals surface area contributed by atoms with Gasteiger partial charge >= 0.3 is 5.97 Å². The van der Waals surface area contributed by atoms with Gasteiger partial charge < -0.3 is 20.1 Å². The van der Waals surface area contributed by atoms with Gasteiger partial charge in [0, 0.05) is 30.7 Å². The Kier molecular flexibility index (Phi) is 4.98. The van der Waals surface area contributed by atoms with Gasteiger partial charge in [-0.2, -0.15) is 0 Å². The lowest BCUT2D eigenvalue weighted by molar-refractivity contribution is -0.144. The molecule has 2 heterocycles. The Hall–Kier alpha value is -2.48. The van der Waals surface area contributed by atoms with E-state index in [1.165, 1.54) is 12.1 Å². The lowest BCUT2D eigenvalue weighted by atomic mass is 9.86. The Morgan fingerprint density at radius 2 is 2.04 bits per heavy atom. The number of hydrogen-bond donors (Lipinski definition) is 3. The summed E-state index contributed by atoms with van der Waals surface area (Å²) in [4.78, 5) is 26.4. The summed E-state index contributed by atoms with van der Waals surface area (Å²) >= 11 is 0. The van der Waals surface area contributed by atoms with Gasteiger partial charge in [-0.15, -0.1) is 0 Å². The maximum absolute atomic E-state index is 13.7. The molecule has 1 aromatic carbocycles.